The van der Waals surface area contributed by atoms with Gasteiger partial charge in [0, 0.05) is 18.3 Å². The molecule has 1 spiro atoms. The number of amides is 2. The van der Waals surface area contributed by atoms with Crippen molar-refractivity contribution in [1.82, 2.24) is 10.6 Å². The normalized spacial score (nSPS) is 28.0. The number of nitrogens with one attached hydrogen (secondary N) is 2. The van der Waals surface area contributed by atoms with Crippen LogP contribution >= 0.6 is 12.2 Å². The van der Waals surface area contributed by atoms with E-state index in [1.807, 2.05) is 18.2 Å². The van der Waals surface area contributed by atoms with Gasteiger partial charge in [-0.05, 0) is 25.0 Å². The van der Waals surface area contributed by atoms with Gasteiger partial charge in [-0.15, -0.1) is 0 Å². The predicted molar refractivity (Wildman–Crippen MR) is 106 cm³/mol. The lowest BCUT2D eigenvalue weighted by molar-refractivity contribution is -0.152. The van der Waals surface area contributed by atoms with E-state index in [4.69, 9.17) is 17.0 Å². The number of carbonyl (C=O) groups excluding carboxylic acids is 2. The smallest absolute Gasteiger partial charge is 0.238 e. The summed E-state index contributed by atoms with van der Waals surface area (Å²) in [7, 11) is -2.27. The second kappa shape index (κ2) is 6.38. The number of carbonyl (C=O) groups is 2. The molecule has 4 rings (SSSR count). The molecule has 3 aliphatic rings. The summed E-state index contributed by atoms with van der Waals surface area (Å²) in [5.41, 5.74) is -0.265. The average Bonchev–Trinajstić information content (AvgIpc) is 2.90. The van der Waals surface area contributed by atoms with Gasteiger partial charge >= 0.3 is 0 Å². The Labute approximate surface area is 168 Å². The summed E-state index contributed by atoms with van der Waals surface area (Å²) >= 11 is 5.15. The van der Waals surface area contributed by atoms with Crippen molar-refractivity contribution in [2.24, 2.45) is 11.3 Å². The highest BCUT2D eigenvalue weighted by atomic mass is 32.2. The van der Waals surface area contributed by atoms with Crippen LogP contribution in [0.25, 0.3) is 0 Å². The van der Waals surface area contributed by atoms with Crippen molar-refractivity contribution in [3.8, 4) is 5.75 Å². The van der Waals surface area contributed by atoms with E-state index in [0.717, 1.165) is 0 Å². The lowest BCUT2D eigenvalue weighted by Crippen LogP contribution is -2.65. The maximum Gasteiger partial charge on any atom is 0.238 e. The third-order valence-electron chi connectivity index (χ3n) is 6.07. The summed E-state index contributed by atoms with van der Waals surface area (Å²) in [5.74, 6) is -1.79. The molecule has 7 nitrogen and oxygen atoms in total. The molecule has 28 heavy (non-hydrogen) atoms. The zero-order valence-electron chi connectivity index (χ0n) is 15.4. The number of allylic oxidation sites excluding steroid dienone is 2. The minimum atomic E-state index is -3.80. The third kappa shape index (κ3) is 2.32. The van der Waals surface area contributed by atoms with Crippen molar-refractivity contribution in [3.05, 3.63) is 40.3 Å². The van der Waals surface area contributed by atoms with Gasteiger partial charge in [0.1, 0.15) is 15.4 Å². The Balaban J connectivity index is 2.03. The van der Waals surface area contributed by atoms with Gasteiger partial charge in [0.2, 0.25) is 21.7 Å². The predicted octanol–water partition coefficient (Wildman–Crippen LogP) is 1.41. The molecule has 1 aliphatic carbocycles. The molecule has 0 radical (unpaired) electrons. The number of ether oxygens (including phenoxy) is 1. The van der Waals surface area contributed by atoms with Crippen LogP contribution in [0, 0.1) is 11.3 Å². The zero-order chi connectivity index (χ0) is 20.3. The van der Waals surface area contributed by atoms with E-state index >= 15 is 0 Å². The first kappa shape index (κ1) is 19.1. The summed E-state index contributed by atoms with van der Waals surface area (Å²) < 4.78 is 31.1. The first-order valence-electron chi connectivity index (χ1n) is 8.93. The molecule has 2 atom stereocenters. The average molecular weight is 421 g/mol. The first-order valence-corrected chi connectivity index (χ1v) is 10.8. The highest BCUT2D eigenvalue weighted by molar-refractivity contribution is 8.20. The number of hydrogen-bond donors (Lipinski definition) is 2. The lowest BCUT2D eigenvalue weighted by Gasteiger charge is -2.48. The molecule has 1 aromatic carbocycles. The van der Waals surface area contributed by atoms with Gasteiger partial charge in [0.15, 0.2) is 0 Å². The van der Waals surface area contributed by atoms with Crippen molar-refractivity contribution < 1.29 is 22.7 Å². The SMILES string of the molecule is COc1ccccc1[C@H]1CC(C)=C2C(CC(=S)S2(=O)=O)C12C(=O)NCNC2=O. The van der Waals surface area contributed by atoms with Crippen molar-refractivity contribution in [1.29, 1.82) is 0 Å². The van der Waals surface area contributed by atoms with E-state index < -0.39 is 38.9 Å². The maximum absolute atomic E-state index is 13.3. The first-order chi connectivity index (χ1) is 13.3. The molecule has 2 amide bonds. The third-order valence-corrected chi connectivity index (χ3v) is 8.87. The number of para-hydroxylation sites is 1. The summed E-state index contributed by atoms with van der Waals surface area (Å²) in [6.07, 6.45) is 0.228. The van der Waals surface area contributed by atoms with E-state index in [1.54, 1.807) is 13.0 Å². The Kier molecular flexibility index (Phi) is 4.35. The molecule has 0 saturated carbocycles. The van der Waals surface area contributed by atoms with Crippen LogP contribution in [0.4, 0.5) is 0 Å². The van der Waals surface area contributed by atoms with Gasteiger partial charge in [0.05, 0.1) is 18.7 Å². The molecular formula is C19H20N2O5S2. The number of hydrogen-bond acceptors (Lipinski definition) is 6. The fourth-order valence-electron chi connectivity index (χ4n) is 4.93. The molecular weight excluding hydrogens is 400 g/mol. The quantitative estimate of drug-likeness (QED) is 0.554. The van der Waals surface area contributed by atoms with Crippen molar-refractivity contribution in [2.75, 3.05) is 13.8 Å². The molecule has 2 aliphatic heterocycles. The number of fused-ring (bicyclic) bond motifs is 2. The van der Waals surface area contributed by atoms with Crippen molar-refractivity contribution in [3.63, 3.8) is 0 Å². The summed E-state index contributed by atoms with van der Waals surface area (Å²) in [6, 6.07) is 7.21. The Morgan fingerprint density at radius 3 is 2.39 bits per heavy atom. The van der Waals surface area contributed by atoms with Crippen LogP contribution in [0.15, 0.2) is 34.7 Å². The van der Waals surface area contributed by atoms with Gasteiger partial charge in [0.25, 0.3) is 0 Å². The summed E-state index contributed by atoms with van der Waals surface area (Å²) in [6.45, 7) is 1.75. The maximum atomic E-state index is 13.3. The number of thiocarbonyl (C=S) groups is 1. The van der Waals surface area contributed by atoms with Crippen LogP contribution in [0.3, 0.4) is 0 Å². The fraction of sp³-hybridized carbons (Fsp3) is 0.421. The highest BCUT2D eigenvalue weighted by Crippen LogP contribution is 2.60. The highest BCUT2D eigenvalue weighted by Gasteiger charge is 2.66. The Morgan fingerprint density at radius 2 is 1.75 bits per heavy atom. The molecule has 2 N–H and O–H groups in total. The van der Waals surface area contributed by atoms with Crippen molar-refractivity contribution in [2.45, 2.75) is 25.7 Å². The van der Waals surface area contributed by atoms with Gasteiger partial charge in [-0.3, -0.25) is 9.59 Å². The van der Waals surface area contributed by atoms with Crippen LogP contribution in [0.5, 0.6) is 5.75 Å². The molecule has 2 heterocycles. The Bertz CT molecular complexity index is 1030. The van der Waals surface area contributed by atoms with E-state index in [2.05, 4.69) is 10.6 Å². The van der Waals surface area contributed by atoms with Gasteiger partial charge < -0.3 is 15.4 Å². The Morgan fingerprint density at radius 1 is 1.11 bits per heavy atom. The largest absolute Gasteiger partial charge is 0.496 e. The van der Waals surface area contributed by atoms with Crippen LogP contribution in [-0.4, -0.2) is 38.2 Å². The summed E-state index contributed by atoms with van der Waals surface area (Å²) in [4.78, 5) is 26.7. The Hall–Kier alpha value is -2.26. The molecule has 0 bridgehead atoms. The topological polar surface area (TPSA) is 102 Å². The van der Waals surface area contributed by atoms with Crippen molar-refractivity contribution >= 4 is 38.1 Å². The van der Waals surface area contributed by atoms with Gasteiger partial charge in [-0.2, -0.15) is 0 Å². The molecule has 1 aromatic rings. The van der Waals surface area contributed by atoms with E-state index in [-0.39, 0.29) is 28.6 Å². The van der Waals surface area contributed by atoms with Crippen LogP contribution in [-0.2, 0) is 19.4 Å². The summed E-state index contributed by atoms with van der Waals surface area (Å²) in [5, 5.41) is 5.41. The lowest BCUT2D eigenvalue weighted by atomic mass is 9.56. The standard InChI is InChI=1S/C19H20N2O5S2/c1-10-7-12(11-5-3-4-6-14(11)26-2)19(17(22)20-9-21-18(19)23)13-8-15(27)28(24,25)16(10)13/h3-6,12-13H,7-9H2,1-2H3,(H,20,22)(H,21,23)/t12-,13?/m1/s1. The number of rotatable bonds is 2. The minimum Gasteiger partial charge on any atom is -0.496 e. The number of sulfone groups is 1. The molecule has 2 fully saturated rings. The van der Waals surface area contributed by atoms with Gasteiger partial charge in [-0.25, -0.2) is 8.42 Å². The molecule has 148 valence electrons. The van der Waals surface area contributed by atoms with Crippen LogP contribution in [0.1, 0.15) is 31.2 Å². The molecule has 2 saturated heterocycles. The second-order valence-corrected chi connectivity index (χ2v) is 10.0. The second-order valence-electron chi connectivity index (χ2n) is 7.33. The van der Waals surface area contributed by atoms with Gasteiger partial charge in [-0.1, -0.05) is 36.0 Å². The van der Waals surface area contributed by atoms with Crippen LogP contribution < -0.4 is 15.4 Å². The van der Waals surface area contributed by atoms with E-state index in [0.29, 0.717) is 16.9 Å². The van der Waals surface area contributed by atoms with E-state index in [1.165, 1.54) is 7.11 Å². The monoisotopic (exact) mass is 420 g/mol. The van der Waals surface area contributed by atoms with E-state index in [9.17, 15) is 18.0 Å². The minimum absolute atomic E-state index is 0.0139. The fourth-order valence-corrected chi connectivity index (χ4v) is 7.18. The number of benzene rings is 1. The number of methoxy groups -OCH3 is 1. The molecule has 1 unspecified atom stereocenters. The molecule has 9 heteroatoms. The van der Waals surface area contributed by atoms with Crippen LogP contribution in [0.2, 0.25) is 0 Å². The molecule has 0 aromatic heterocycles. The zero-order valence-corrected chi connectivity index (χ0v) is 17.1.